The zero-order valence-electron chi connectivity index (χ0n) is 13.1. The second-order valence-corrected chi connectivity index (χ2v) is 7.24. The van der Waals surface area contributed by atoms with Crippen molar-refractivity contribution in [1.29, 1.82) is 0 Å². The molecular weight excluding hydrogens is 322 g/mol. The van der Waals surface area contributed by atoms with Crippen molar-refractivity contribution in [1.82, 2.24) is 4.90 Å². The van der Waals surface area contributed by atoms with Crippen LogP contribution in [0.15, 0.2) is 29.2 Å². The summed E-state index contributed by atoms with van der Waals surface area (Å²) in [6.45, 7) is 3.76. The van der Waals surface area contributed by atoms with Gasteiger partial charge < -0.3 is 10.4 Å². The SMILES string of the molecule is CC1(CO)CCCN(CC(=O)Nc2ccccc2SC(F)F)C1. The quantitative estimate of drug-likeness (QED) is 0.779. The van der Waals surface area contributed by atoms with Crippen LogP contribution in [-0.4, -0.2) is 47.9 Å². The predicted octanol–water partition coefficient (Wildman–Crippen LogP) is 3.03. The van der Waals surface area contributed by atoms with Gasteiger partial charge in [0.05, 0.1) is 12.2 Å². The first kappa shape index (κ1) is 18.2. The van der Waals surface area contributed by atoms with Gasteiger partial charge in [-0.1, -0.05) is 30.8 Å². The molecular formula is C16H22F2N2O2S. The summed E-state index contributed by atoms with van der Waals surface area (Å²) in [6.07, 6.45) is 1.87. The van der Waals surface area contributed by atoms with Crippen molar-refractivity contribution < 1.29 is 18.7 Å². The first-order valence-electron chi connectivity index (χ1n) is 7.59. The number of carbonyl (C=O) groups is 1. The summed E-state index contributed by atoms with van der Waals surface area (Å²) in [5.74, 6) is -2.75. The minimum absolute atomic E-state index is 0.0962. The molecule has 1 saturated heterocycles. The molecule has 1 unspecified atom stereocenters. The van der Waals surface area contributed by atoms with E-state index < -0.39 is 5.76 Å². The lowest BCUT2D eigenvalue weighted by Gasteiger charge is -2.38. The highest BCUT2D eigenvalue weighted by Gasteiger charge is 2.31. The number of aliphatic hydroxyl groups is 1. The van der Waals surface area contributed by atoms with E-state index in [0.717, 1.165) is 19.4 Å². The third kappa shape index (κ3) is 5.44. The Morgan fingerprint density at radius 3 is 2.91 bits per heavy atom. The number of nitrogens with zero attached hydrogens (tertiary/aromatic N) is 1. The summed E-state index contributed by atoms with van der Waals surface area (Å²) in [5, 5.41) is 12.2. The molecule has 1 fully saturated rings. The van der Waals surface area contributed by atoms with Gasteiger partial charge in [0.2, 0.25) is 5.91 Å². The third-order valence-electron chi connectivity index (χ3n) is 3.99. The predicted molar refractivity (Wildman–Crippen MR) is 87.8 cm³/mol. The molecule has 1 atom stereocenters. The first-order valence-corrected chi connectivity index (χ1v) is 8.47. The van der Waals surface area contributed by atoms with Crippen LogP contribution < -0.4 is 5.32 Å². The molecule has 0 spiro atoms. The van der Waals surface area contributed by atoms with Crippen LogP contribution in [-0.2, 0) is 4.79 Å². The Hall–Kier alpha value is -1.18. The van der Waals surface area contributed by atoms with Gasteiger partial charge in [-0.3, -0.25) is 9.69 Å². The molecule has 1 heterocycles. The van der Waals surface area contributed by atoms with Crippen molar-refractivity contribution >= 4 is 23.4 Å². The summed E-state index contributed by atoms with van der Waals surface area (Å²) in [7, 11) is 0. The maximum Gasteiger partial charge on any atom is 0.288 e. The number of hydrogen-bond acceptors (Lipinski definition) is 4. The second-order valence-electron chi connectivity index (χ2n) is 6.21. The molecule has 0 aromatic heterocycles. The molecule has 4 nitrogen and oxygen atoms in total. The zero-order chi connectivity index (χ0) is 16.9. The molecule has 0 radical (unpaired) electrons. The molecule has 0 saturated carbocycles. The van der Waals surface area contributed by atoms with Gasteiger partial charge in [-0.2, -0.15) is 8.78 Å². The largest absolute Gasteiger partial charge is 0.396 e. The summed E-state index contributed by atoms with van der Waals surface area (Å²) in [6, 6.07) is 6.55. The number of alkyl halides is 2. The van der Waals surface area contributed by atoms with E-state index in [1.165, 1.54) is 0 Å². The van der Waals surface area contributed by atoms with Crippen LogP contribution in [0.3, 0.4) is 0 Å². The molecule has 1 amide bonds. The van der Waals surface area contributed by atoms with E-state index in [4.69, 9.17) is 0 Å². The van der Waals surface area contributed by atoms with Crippen LogP contribution in [0, 0.1) is 5.41 Å². The molecule has 1 aromatic carbocycles. The summed E-state index contributed by atoms with van der Waals surface area (Å²) < 4.78 is 25.1. The number of aliphatic hydroxyl groups excluding tert-OH is 1. The number of halogens is 2. The van der Waals surface area contributed by atoms with Gasteiger partial charge in [-0.15, -0.1) is 0 Å². The smallest absolute Gasteiger partial charge is 0.288 e. The van der Waals surface area contributed by atoms with Gasteiger partial charge in [-0.05, 0) is 31.5 Å². The monoisotopic (exact) mass is 344 g/mol. The number of amides is 1. The number of rotatable bonds is 6. The van der Waals surface area contributed by atoms with Crippen LogP contribution in [0.4, 0.5) is 14.5 Å². The number of hydrogen-bond donors (Lipinski definition) is 2. The van der Waals surface area contributed by atoms with E-state index in [2.05, 4.69) is 5.32 Å². The molecule has 0 bridgehead atoms. The Labute approximate surface area is 139 Å². The Balaban J connectivity index is 1.95. The fraction of sp³-hybridized carbons (Fsp3) is 0.562. The summed E-state index contributed by atoms with van der Waals surface area (Å²) in [4.78, 5) is 14.6. The molecule has 1 aliphatic heterocycles. The summed E-state index contributed by atoms with van der Waals surface area (Å²) >= 11 is 0.422. The lowest BCUT2D eigenvalue weighted by molar-refractivity contribution is -0.118. The number of benzene rings is 1. The van der Waals surface area contributed by atoms with Crippen LogP contribution in [0.2, 0.25) is 0 Å². The number of nitrogens with one attached hydrogen (secondary N) is 1. The van der Waals surface area contributed by atoms with Gasteiger partial charge >= 0.3 is 0 Å². The topological polar surface area (TPSA) is 52.6 Å². The Bertz CT molecular complexity index is 545. The van der Waals surface area contributed by atoms with Gasteiger partial charge in [-0.25, -0.2) is 0 Å². The van der Waals surface area contributed by atoms with Crippen molar-refractivity contribution in [2.24, 2.45) is 5.41 Å². The number of piperidine rings is 1. The molecule has 7 heteroatoms. The highest BCUT2D eigenvalue weighted by atomic mass is 32.2. The van der Waals surface area contributed by atoms with Crippen molar-refractivity contribution in [3.8, 4) is 0 Å². The molecule has 2 rings (SSSR count). The second kappa shape index (κ2) is 8.08. The van der Waals surface area contributed by atoms with Gasteiger partial charge in [0, 0.05) is 23.5 Å². The lowest BCUT2D eigenvalue weighted by atomic mass is 9.83. The van der Waals surface area contributed by atoms with Crippen molar-refractivity contribution in [3.63, 3.8) is 0 Å². The fourth-order valence-electron chi connectivity index (χ4n) is 2.85. The number of likely N-dealkylation sites (tertiary alicyclic amines) is 1. The van der Waals surface area contributed by atoms with Crippen LogP contribution in [0.5, 0.6) is 0 Å². The first-order chi connectivity index (χ1) is 10.9. The van der Waals surface area contributed by atoms with E-state index in [1.807, 2.05) is 11.8 Å². The fourth-order valence-corrected chi connectivity index (χ4v) is 3.45. The van der Waals surface area contributed by atoms with Gasteiger partial charge in [0.25, 0.3) is 5.76 Å². The number of para-hydroxylation sites is 1. The van der Waals surface area contributed by atoms with Crippen LogP contribution >= 0.6 is 11.8 Å². The number of anilines is 1. The Kier molecular flexibility index (Phi) is 6.38. The maximum atomic E-state index is 12.6. The molecule has 128 valence electrons. The number of carbonyl (C=O) groups excluding carboxylic acids is 1. The molecule has 1 aromatic rings. The standard InChI is InChI=1S/C16H22F2N2O2S/c1-16(11-21)7-4-8-20(10-16)9-14(22)19-12-5-2-3-6-13(12)23-15(17)18/h2-3,5-6,15,21H,4,7-11H2,1H3,(H,19,22). The van der Waals surface area contributed by atoms with E-state index in [9.17, 15) is 18.7 Å². The highest BCUT2D eigenvalue weighted by Crippen LogP contribution is 2.32. The summed E-state index contributed by atoms with van der Waals surface area (Å²) in [5.41, 5.74) is 0.229. The normalized spacial score (nSPS) is 22.3. The molecule has 2 N–H and O–H groups in total. The molecule has 0 aliphatic carbocycles. The third-order valence-corrected chi connectivity index (χ3v) is 4.77. The van der Waals surface area contributed by atoms with E-state index in [0.29, 0.717) is 28.9 Å². The Morgan fingerprint density at radius 1 is 1.48 bits per heavy atom. The van der Waals surface area contributed by atoms with E-state index in [-0.39, 0.29) is 24.5 Å². The van der Waals surface area contributed by atoms with Gasteiger partial charge in [0.15, 0.2) is 0 Å². The average molecular weight is 344 g/mol. The van der Waals surface area contributed by atoms with Crippen LogP contribution in [0.1, 0.15) is 19.8 Å². The maximum absolute atomic E-state index is 12.6. The van der Waals surface area contributed by atoms with E-state index in [1.54, 1.807) is 24.3 Å². The average Bonchev–Trinajstić information content (AvgIpc) is 2.49. The highest BCUT2D eigenvalue weighted by molar-refractivity contribution is 7.99. The minimum Gasteiger partial charge on any atom is -0.396 e. The molecule has 23 heavy (non-hydrogen) atoms. The zero-order valence-corrected chi connectivity index (χ0v) is 13.9. The number of thioether (sulfide) groups is 1. The minimum atomic E-state index is -2.53. The van der Waals surface area contributed by atoms with E-state index >= 15 is 0 Å². The molecule has 1 aliphatic rings. The van der Waals surface area contributed by atoms with Gasteiger partial charge in [0.1, 0.15) is 0 Å². The van der Waals surface area contributed by atoms with Crippen molar-refractivity contribution in [2.45, 2.75) is 30.4 Å². The lowest BCUT2D eigenvalue weighted by Crippen LogP contribution is -2.46. The van der Waals surface area contributed by atoms with Crippen LogP contribution in [0.25, 0.3) is 0 Å². The van der Waals surface area contributed by atoms with Crippen molar-refractivity contribution in [3.05, 3.63) is 24.3 Å². The van der Waals surface area contributed by atoms with Crippen molar-refractivity contribution in [2.75, 3.05) is 31.6 Å². The Morgan fingerprint density at radius 2 is 2.22 bits per heavy atom.